The second-order valence-corrected chi connectivity index (χ2v) is 7.38. The Bertz CT molecular complexity index is 1130. The van der Waals surface area contributed by atoms with Gasteiger partial charge in [0, 0.05) is 23.9 Å². The van der Waals surface area contributed by atoms with Gasteiger partial charge in [0.2, 0.25) is 0 Å². The van der Waals surface area contributed by atoms with Crippen molar-refractivity contribution in [3.05, 3.63) is 76.5 Å². The number of carbonyl (C=O) groups is 3. The molecular weight excluding hydrogens is 412 g/mol. The van der Waals surface area contributed by atoms with Crippen molar-refractivity contribution in [3.63, 3.8) is 0 Å². The van der Waals surface area contributed by atoms with E-state index in [4.69, 9.17) is 13.9 Å². The third-order valence-electron chi connectivity index (χ3n) is 5.47. The van der Waals surface area contributed by atoms with E-state index < -0.39 is 5.97 Å². The number of rotatable bonds is 8. The lowest BCUT2D eigenvalue weighted by Crippen LogP contribution is -2.35. The number of benzene rings is 1. The van der Waals surface area contributed by atoms with E-state index in [1.807, 2.05) is 0 Å². The maximum Gasteiger partial charge on any atom is 0.354 e. The smallest absolute Gasteiger partial charge is 0.354 e. The van der Waals surface area contributed by atoms with E-state index in [9.17, 15) is 14.4 Å². The Morgan fingerprint density at radius 3 is 2.31 bits per heavy atom. The lowest BCUT2D eigenvalue weighted by Gasteiger charge is -2.21. The van der Waals surface area contributed by atoms with Gasteiger partial charge in [-0.25, -0.2) is 4.79 Å². The predicted molar refractivity (Wildman–Crippen MR) is 117 cm³/mol. The van der Waals surface area contributed by atoms with E-state index in [0.29, 0.717) is 39.6 Å². The summed E-state index contributed by atoms with van der Waals surface area (Å²) in [5.41, 5.74) is 2.29. The van der Waals surface area contributed by atoms with Crippen molar-refractivity contribution in [1.82, 2.24) is 9.47 Å². The van der Waals surface area contributed by atoms with Crippen LogP contribution in [0.3, 0.4) is 0 Å². The number of amides is 1. The Labute approximate surface area is 186 Å². The number of aromatic nitrogens is 1. The molecule has 0 aliphatic carbocycles. The minimum Gasteiger partial charge on any atom is -0.497 e. The SMILES string of the molecule is COC(=O)c1c(C)c(C(=O)CN(Cc2ccco2)C(=O)c2ccc(OC)cc2)c(C)n1C. The second-order valence-electron chi connectivity index (χ2n) is 7.38. The molecule has 0 fully saturated rings. The Morgan fingerprint density at radius 1 is 1.06 bits per heavy atom. The van der Waals surface area contributed by atoms with Gasteiger partial charge in [-0.05, 0) is 55.8 Å². The number of hydrogen-bond donors (Lipinski definition) is 0. The van der Waals surface area contributed by atoms with Gasteiger partial charge in [0.25, 0.3) is 5.91 Å². The van der Waals surface area contributed by atoms with Gasteiger partial charge < -0.3 is 23.4 Å². The fourth-order valence-electron chi connectivity index (χ4n) is 3.73. The van der Waals surface area contributed by atoms with E-state index in [2.05, 4.69) is 0 Å². The average Bonchev–Trinajstić information content (AvgIpc) is 3.38. The molecule has 8 heteroatoms. The van der Waals surface area contributed by atoms with Crippen LogP contribution >= 0.6 is 0 Å². The summed E-state index contributed by atoms with van der Waals surface area (Å²) in [6, 6.07) is 10.1. The quantitative estimate of drug-likeness (QED) is 0.395. The molecule has 2 aromatic heterocycles. The molecule has 0 unspecified atom stereocenters. The first kappa shape index (κ1) is 22.9. The van der Waals surface area contributed by atoms with Gasteiger partial charge in [-0.15, -0.1) is 0 Å². The molecule has 0 radical (unpaired) electrons. The van der Waals surface area contributed by atoms with Crippen molar-refractivity contribution < 1.29 is 28.3 Å². The Morgan fingerprint density at radius 2 is 1.75 bits per heavy atom. The van der Waals surface area contributed by atoms with Crippen LogP contribution in [0.4, 0.5) is 0 Å². The van der Waals surface area contributed by atoms with E-state index >= 15 is 0 Å². The van der Waals surface area contributed by atoms with Crippen LogP contribution in [0.5, 0.6) is 5.75 Å². The Kier molecular flexibility index (Phi) is 6.82. The normalized spacial score (nSPS) is 10.7. The number of ether oxygens (including phenoxy) is 2. The van der Waals surface area contributed by atoms with Crippen molar-refractivity contribution in [2.45, 2.75) is 20.4 Å². The standard InChI is InChI=1S/C24H26N2O6/c1-15-21(16(2)25(3)22(15)24(29)31-5)20(27)14-26(13-19-7-6-12-32-19)23(28)17-8-10-18(30-4)11-9-17/h6-12H,13-14H2,1-5H3. The first-order valence-corrected chi connectivity index (χ1v) is 10.0. The zero-order valence-corrected chi connectivity index (χ0v) is 18.8. The number of ketones is 1. The maximum atomic E-state index is 13.3. The molecule has 168 valence electrons. The highest BCUT2D eigenvalue weighted by molar-refractivity contribution is 6.06. The number of hydrogen-bond acceptors (Lipinski definition) is 6. The molecule has 2 heterocycles. The van der Waals surface area contributed by atoms with Crippen molar-refractivity contribution in [2.75, 3.05) is 20.8 Å². The summed E-state index contributed by atoms with van der Waals surface area (Å²) in [7, 11) is 4.55. The van der Waals surface area contributed by atoms with Gasteiger partial charge in [-0.1, -0.05) is 0 Å². The van der Waals surface area contributed by atoms with Crippen LogP contribution in [0, 0.1) is 13.8 Å². The molecule has 1 amide bonds. The first-order chi connectivity index (χ1) is 15.3. The zero-order valence-electron chi connectivity index (χ0n) is 18.8. The van der Waals surface area contributed by atoms with Crippen LogP contribution in [0.25, 0.3) is 0 Å². The van der Waals surface area contributed by atoms with Crippen molar-refractivity contribution >= 4 is 17.7 Å². The van der Waals surface area contributed by atoms with Crippen molar-refractivity contribution in [2.24, 2.45) is 7.05 Å². The summed E-state index contributed by atoms with van der Waals surface area (Å²) in [5.74, 6) is 0.0578. The number of methoxy groups -OCH3 is 2. The topological polar surface area (TPSA) is 91.0 Å². The number of esters is 1. The van der Waals surface area contributed by atoms with Gasteiger partial charge in [0.1, 0.15) is 17.2 Å². The van der Waals surface area contributed by atoms with E-state index in [-0.39, 0.29) is 24.8 Å². The molecule has 0 spiro atoms. The van der Waals surface area contributed by atoms with Gasteiger partial charge in [0.05, 0.1) is 33.6 Å². The van der Waals surface area contributed by atoms with Crippen molar-refractivity contribution in [3.8, 4) is 5.75 Å². The molecule has 8 nitrogen and oxygen atoms in total. The third-order valence-corrected chi connectivity index (χ3v) is 5.47. The number of carbonyl (C=O) groups excluding carboxylic acids is 3. The minimum absolute atomic E-state index is 0.123. The maximum absolute atomic E-state index is 13.3. The van der Waals surface area contributed by atoms with Crippen LogP contribution in [0.1, 0.15) is 48.2 Å². The number of nitrogens with zero attached hydrogens (tertiary/aromatic N) is 2. The highest BCUT2D eigenvalue weighted by Gasteiger charge is 2.28. The van der Waals surface area contributed by atoms with Crippen LogP contribution in [-0.4, -0.2) is 47.9 Å². The number of furan rings is 1. The lowest BCUT2D eigenvalue weighted by molar-refractivity contribution is 0.0588. The monoisotopic (exact) mass is 438 g/mol. The summed E-state index contributed by atoms with van der Waals surface area (Å²) < 4.78 is 17.0. The van der Waals surface area contributed by atoms with E-state index in [1.54, 1.807) is 69.0 Å². The minimum atomic E-state index is -0.520. The first-order valence-electron chi connectivity index (χ1n) is 10.0. The third kappa shape index (κ3) is 4.44. The van der Waals surface area contributed by atoms with Crippen LogP contribution in [0.2, 0.25) is 0 Å². The van der Waals surface area contributed by atoms with Gasteiger partial charge in [-0.2, -0.15) is 0 Å². The van der Waals surface area contributed by atoms with Gasteiger partial charge in [-0.3, -0.25) is 9.59 Å². The molecule has 1 aromatic carbocycles. The molecule has 0 saturated heterocycles. The highest BCUT2D eigenvalue weighted by atomic mass is 16.5. The molecule has 3 rings (SSSR count). The molecule has 0 N–H and O–H groups in total. The van der Waals surface area contributed by atoms with E-state index in [1.165, 1.54) is 18.3 Å². The predicted octanol–water partition coefficient (Wildman–Crippen LogP) is 3.56. The van der Waals surface area contributed by atoms with Crippen LogP contribution in [-0.2, 0) is 18.3 Å². The fourth-order valence-corrected chi connectivity index (χ4v) is 3.73. The molecule has 0 saturated carbocycles. The second kappa shape index (κ2) is 9.55. The summed E-state index contributed by atoms with van der Waals surface area (Å²) in [6.45, 7) is 3.40. The van der Waals surface area contributed by atoms with Crippen LogP contribution < -0.4 is 4.74 Å². The summed E-state index contributed by atoms with van der Waals surface area (Å²) in [4.78, 5) is 40.2. The summed E-state index contributed by atoms with van der Waals surface area (Å²) in [6.07, 6.45) is 1.52. The van der Waals surface area contributed by atoms with Gasteiger partial charge >= 0.3 is 5.97 Å². The average molecular weight is 438 g/mol. The zero-order chi connectivity index (χ0) is 23.4. The Hall–Kier alpha value is -3.81. The molecule has 0 bridgehead atoms. The molecule has 0 atom stereocenters. The number of Topliss-reactive ketones (excluding diaryl/α,β-unsaturated/α-hetero) is 1. The summed E-state index contributed by atoms with van der Waals surface area (Å²) in [5, 5.41) is 0. The molecular formula is C24H26N2O6. The molecule has 32 heavy (non-hydrogen) atoms. The molecule has 3 aromatic rings. The molecule has 0 aliphatic heterocycles. The lowest BCUT2D eigenvalue weighted by atomic mass is 10.0. The van der Waals surface area contributed by atoms with Crippen LogP contribution in [0.15, 0.2) is 47.1 Å². The summed E-state index contributed by atoms with van der Waals surface area (Å²) >= 11 is 0. The largest absolute Gasteiger partial charge is 0.497 e. The molecule has 0 aliphatic rings. The fraction of sp³-hybridized carbons (Fsp3) is 0.292. The van der Waals surface area contributed by atoms with Gasteiger partial charge in [0.15, 0.2) is 5.78 Å². The van der Waals surface area contributed by atoms with E-state index in [0.717, 1.165) is 0 Å². The highest BCUT2D eigenvalue weighted by Crippen LogP contribution is 2.24. The van der Waals surface area contributed by atoms with Crippen molar-refractivity contribution in [1.29, 1.82) is 0 Å². The Balaban J connectivity index is 1.93.